The smallest absolute Gasteiger partial charge is 0.216 e. The van der Waals surface area contributed by atoms with Crippen LogP contribution in [0.2, 0.25) is 0 Å². The predicted octanol–water partition coefficient (Wildman–Crippen LogP) is 7.56. The molecule has 0 fully saturated rings. The number of fused-ring (bicyclic) bond motifs is 2. The van der Waals surface area contributed by atoms with Gasteiger partial charge in [0.05, 0.1) is 4.90 Å². The van der Waals surface area contributed by atoms with E-state index in [-0.39, 0.29) is 0 Å². The summed E-state index contributed by atoms with van der Waals surface area (Å²) in [5.74, 6) is 0.635. The van der Waals surface area contributed by atoms with Gasteiger partial charge in [-0.25, -0.2) is 4.21 Å². The van der Waals surface area contributed by atoms with Crippen LogP contribution < -0.4 is 4.18 Å². The lowest BCUT2D eigenvalue weighted by atomic mass is 9.96. The zero-order valence-electron chi connectivity index (χ0n) is 20.1. The summed E-state index contributed by atoms with van der Waals surface area (Å²) in [6, 6.07) is 12.8. The fourth-order valence-corrected chi connectivity index (χ4v) is 7.24. The maximum atomic E-state index is 14.3. The van der Waals surface area contributed by atoms with Crippen LogP contribution in [0.25, 0.3) is 21.5 Å². The van der Waals surface area contributed by atoms with Gasteiger partial charge in [-0.15, -0.1) is 0 Å². The minimum Gasteiger partial charge on any atom is -0.396 e. The molecule has 4 aromatic carbocycles. The number of hydrogen-bond donors (Lipinski definition) is 0. The van der Waals surface area contributed by atoms with Crippen molar-refractivity contribution in [1.82, 2.24) is 0 Å². The highest BCUT2D eigenvalue weighted by Gasteiger charge is 2.24. The molecule has 0 heterocycles. The first kappa shape index (κ1) is 22.8. The van der Waals surface area contributed by atoms with Crippen LogP contribution >= 0.6 is 0 Å². The van der Waals surface area contributed by atoms with Gasteiger partial charge in [-0.05, 0) is 99.5 Å². The average molecular weight is 463 g/mol. The third kappa shape index (κ3) is 3.70. The summed E-state index contributed by atoms with van der Waals surface area (Å²) in [6.45, 7) is 16.4. The van der Waals surface area contributed by atoms with Gasteiger partial charge < -0.3 is 4.18 Å². The monoisotopic (exact) mass is 462 g/mol. The number of benzene rings is 4. The Morgan fingerprint density at radius 3 is 1.66 bits per heavy atom. The summed E-state index contributed by atoms with van der Waals surface area (Å²) >= 11 is 5.80. The molecule has 0 saturated heterocycles. The van der Waals surface area contributed by atoms with Crippen LogP contribution in [0.5, 0.6) is 5.75 Å². The molecule has 0 N–H and O–H groups in total. The number of hydrogen-bond acceptors (Lipinski definition) is 3. The van der Waals surface area contributed by atoms with E-state index in [4.69, 9.17) is 15.4 Å². The van der Waals surface area contributed by atoms with Crippen LogP contribution in [-0.2, 0) is 20.0 Å². The highest BCUT2D eigenvalue weighted by atomic mass is 32.8. The standard InChI is InChI=1S/C28H30O2S2/c1-15-9-19(5)25-23(11-15)13-17(3)21(7)27(25)30-32(29,31)28-22(8)18(4)14-24-12-16(2)10-20(6)26(24)28/h9-14H,1-8H3. The Kier molecular flexibility index (Phi) is 5.59. The topological polar surface area (TPSA) is 26.3 Å². The van der Waals surface area contributed by atoms with E-state index in [0.29, 0.717) is 10.6 Å². The van der Waals surface area contributed by atoms with E-state index in [0.717, 1.165) is 54.9 Å². The molecule has 1 unspecified atom stereocenters. The maximum absolute atomic E-state index is 14.3. The molecular formula is C28H30O2S2. The average Bonchev–Trinajstić information content (AvgIpc) is 2.66. The van der Waals surface area contributed by atoms with Gasteiger partial charge in [-0.2, -0.15) is 0 Å². The van der Waals surface area contributed by atoms with Gasteiger partial charge in [0.1, 0.15) is 0 Å². The Balaban J connectivity index is 2.04. The Bertz CT molecular complexity index is 1530. The summed E-state index contributed by atoms with van der Waals surface area (Å²) in [5, 5.41) is 4.07. The Hall–Kier alpha value is -2.43. The highest BCUT2D eigenvalue weighted by Crippen LogP contribution is 2.39. The van der Waals surface area contributed by atoms with E-state index in [2.05, 4.69) is 71.0 Å². The summed E-state index contributed by atoms with van der Waals surface area (Å²) < 4.78 is 20.7. The fourth-order valence-electron chi connectivity index (χ4n) is 4.83. The third-order valence-corrected chi connectivity index (χ3v) is 8.63. The molecule has 0 bridgehead atoms. The Morgan fingerprint density at radius 2 is 1.09 bits per heavy atom. The van der Waals surface area contributed by atoms with Crippen molar-refractivity contribution in [2.24, 2.45) is 0 Å². The largest absolute Gasteiger partial charge is 0.396 e. The van der Waals surface area contributed by atoms with Crippen molar-refractivity contribution in [3.05, 3.63) is 80.9 Å². The van der Waals surface area contributed by atoms with Crippen molar-refractivity contribution in [2.45, 2.75) is 60.3 Å². The highest BCUT2D eigenvalue weighted by molar-refractivity contribution is 8.30. The van der Waals surface area contributed by atoms with Crippen LogP contribution in [0, 0.1) is 55.4 Å². The van der Waals surface area contributed by atoms with Crippen molar-refractivity contribution in [1.29, 1.82) is 0 Å². The van der Waals surface area contributed by atoms with E-state index in [9.17, 15) is 4.21 Å². The van der Waals surface area contributed by atoms with Gasteiger partial charge >= 0.3 is 0 Å². The number of aryl methyl sites for hydroxylation is 6. The Labute approximate surface area is 196 Å². The number of rotatable bonds is 3. The van der Waals surface area contributed by atoms with Crippen LogP contribution in [0.15, 0.2) is 41.3 Å². The minimum absolute atomic E-state index is 0.635. The third-order valence-electron chi connectivity index (χ3n) is 6.53. The molecule has 0 saturated carbocycles. The molecule has 0 spiro atoms. The van der Waals surface area contributed by atoms with Gasteiger partial charge in [0.25, 0.3) is 0 Å². The lowest BCUT2D eigenvalue weighted by Gasteiger charge is -2.21. The minimum atomic E-state index is -3.25. The molecule has 166 valence electrons. The first-order valence-electron chi connectivity index (χ1n) is 10.9. The zero-order valence-corrected chi connectivity index (χ0v) is 21.7. The van der Waals surface area contributed by atoms with E-state index in [1.165, 1.54) is 11.1 Å². The second kappa shape index (κ2) is 7.86. The van der Waals surface area contributed by atoms with E-state index in [1.54, 1.807) is 0 Å². The molecule has 4 aromatic rings. The lowest BCUT2D eigenvalue weighted by Crippen LogP contribution is -2.13. The van der Waals surface area contributed by atoms with Crippen molar-refractivity contribution < 1.29 is 8.39 Å². The van der Waals surface area contributed by atoms with Gasteiger partial charge in [0.15, 0.2) is 5.75 Å². The second-order valence-electron chi connectivity index (χ2n) is 9.19. The van der Waals surface area contributed by atoms with E-state index >= 15 is 0 Å². The molecule has 0 radical (unpaired) electrons. The molecule has 1 atom stereocenters. The second-order valence-corrected chi connectivity index (χ2v) is 12.0. The molecular weight excluding hydrogens is 432 g/mol. The SMILES string of the molecule is Cc1cc(C)c2c(OS(=O)(=S)c3c(C)c(C)cc4cc(C)cc(C)c34)c(C)c(C)cc2c1. The molecule has 0 aliphatic rings. The van der Waals surface area contributed by atoms with Crippen molar-refractivity contribution in [2.75, 3.05) is 0 Å². The summed E-state index contributed by atoms with van der Waals surface area (Å²) in [6.07, 6.45) is 0. The molecule has 32 heavy (non-hydrogen) atoms. The van der Waals surface area contributed by atoms with Crippen LogP contribution in [0.1, 0.15) is 44.5 Å². The Morgan fingerprint density at radius 1 is 0.625 bits per heavy atom. The normalized spacial score (nSPS) is 13.5. The molecule has 2 nitrogen and oxygen atoms in total. The quantitative estimate of drug-likeness (QED) is 0.314. The molecule has 4 rings (SSSR count). The predicted molar refractivity (Wildman–Crippen MR) is 140 cm³/mol. The molecule has 0 aliphatic heterocycles. The molecule has 0 aromatic heterocycles. The van der Waals surface area contributed by atoms with Crippen molar-refractivity contribution >= 4 is 41.5 Å². The zero-order chi connectivity index (χ0) is 23.5. The maximum Gasteiger partial charge on any atom is 0.216 e. The summed E-state index contributed by atoms with van der Waals surface area (Å²) in [5.41, 5.74) is 8.60. The molecule has 0 aliphatic carbocycles. The van der Waals surface area contributed by atoms with Gasteiger partial charge in [-0.1, -0.05) is 47.5 Å². The van der Waals surface area contributed by atoms with E-state index < -0.39 is 8.77 Å². The fraction of sp³-hybridized carbons (Fsp3) is 0.286. The van der Waals surface area contributed by atoms with Gasteiger partial charge in [-0.3, -0.25) is 0 Å². The lowest BCUT2D eigenvalue weighted by molar-refractivity contribution is 0.560. The van der Waals surface area contributed by atoms with E-state index in [1.807, 2.05) is 20.8 Å². The molecule has 4 heteroatoms. The molecule has 0 amide bonds. The van der Waals surface area contributed by atoms with Crippen LogP contribution in [0.3, 0.4) is 0 Å². The van der Waals surface area contributed by atoms with Crippen LogP contribution in [-0.4, -0.2) is 4.21 Å². The van der Waals surface area contributed by atoms with Crippen LogP contribution in [0.4, 0.5) is 0 Å². The summed E-state index contributed by atoms with van der Waals surface area (Å²) in [7, 11) is -3.25. The van der Waals surface area contributed by atoms with Crippen molar-refractivity contribution in [3.63, 3.8) is 0 Å². The van der Waals surface area contributed by atoms with Gasteiger partial charge in [0, 0.05) is 22.0 Å². The van der Waals surface area contributed by atoms with Gasteiger partial charge in [0.2, 0.25) is 8.77 Å². The van der Waals surface area contributed by atoms with Crippen molar-refractivity contribution in [3.8, 4) is 5.75 Å². The first-order valence-corrected chi connectivity index (χ1v) is 13.3. The summed E-state index contributed by atoms with van der Waals surface area (Å²) in [4.78, 5) is 0.638. The first-order chi connectivity index (χ1) is 14.9.